The quantitative estimate of drug-likeness (QED) is 0.922. The zero-order chi connectivity index (χ0) is 16.1. The summed E-state index contributed by atoms with van der Waals surface area (Å²) in [5, 5.41) is 3.25. The van der Waals surface area contributed by atoms with Crippen molar-refractivity contribution in [3.05, 3.63) is 24.4 Å². The van der Waals surface area contributed by atoms with Gasteiger partial charge in [0.2, 0.25) is 5.91 Å². The number of nitrogens with zero attached hydrogens (tertiary/aromatic N) is 3. The summed E-state index contributed by atoms with van der Waals surface area (Å²) < 4.78 is 0. The van der Waals surface area contributed by atoms with Gasteiger partial charge in [0.15, 0.2) is 0 Å². The number of carbonyl (C=O) groups is 1. The number of carbonyl (C=O) groups excluding carboxylic acids is 1. The van der Waals surface area contributed by atoms with Crippen LogP contribution in [0.3, 0.4) is 0 Å². The summed E-state index contributed by atoms with van der Waals surface area (Å²) in [5.41, 5.74) is 0. The minimum Gasteiger partial charge on any atom is -0.354 e. The molecule has 2 fully saturated rings. The predicted octanol–water partition coefficient (Wildman–Crippen LogP) is 1.90. The summed E-state index contributed by atoms with van der Waals surface area (Å²) in [6.07, 6.45) is 6.77. The fourth-order valence-corrected chi connectivity index (χ4v) is 3.66. The minimum absolute atomic E-state index is 0.190. The lowest BCUT2D eigenvalue weighted by atomic mass is 9.86. The average Bonchev–Trinajstić information content (AvgIpc) is 2.58. The van der Waals surface area contributed by atoms with Crippen LogP contribution in [0.15, 0.2) is 24.4 Å². The van der Waals surface area contributed by atoms with Crippen molar-refractivity contribution in [2.75, 3.05) is 37.6 Å². The normalized spacial score (nSPS) is 26.0. The van der Waals surface area contributed by atoms with Crippen LogP contribution in [0, 0.1) is 5.92 Å². The number of hydrogen-bond donors (Lipinski definition) is 1. The third-order valence-electron chi connectivity index (χ3n) is 5.17. The Morgan fingerprint density at radius 3 is 2.70 bits per heavy atom. The average molecular weight is 316 g/mol. The van der Waals surface area contributed by atoms with E-state index < -0.39 is 0 Å². The van der Waals surface area contributed by atoms with E-state index in [0.29, 0.717) is 18.5 Å². The fourth-order valence-electron chi connectivity index (χ4n) is 3.66. The maximum Gasteiger partial charge on any atom is 0.234 e. The predicted molar refractivity (Wildman–Crippen MR) is 92.5 cm³/mol. The summed E-state index contributed by atoms with van der Waals surface area (Å²) in [7, 11) is 0. The Kier molecular flexibility index (Phi) is 5.49. The van der Waals surface area contributed by atoms with E-state index in [-0.39, 0.29) is 5.91 Å². The van der Waals surface area contributed by atoms with E-state index in [1.807, 2.05) is 24.4 Å². The van der Waals surface area contributed by atoms with Gasteiger partial charge in [-0.1, -0.05) is 25.8 Å². The van der Waals surface area contributed by atoms with E-state index in [2.05, 4.69) is 27.0 Å². The van der Waals surface area contributed by atoms with Crippen molar-refractivity contribution in [3.63, 3.8) is 0 Å². The second kappa shape index (κ2) is 7.77. The van der Waals surface area contributed by atoms with Crippen molar-refractivity contribution in [2.24, 2.45) is 5.92 Å². The van der Waals surface area contributed by atoms with Crippen molar-refractivity contribution in [2.45, 2.75) is 38.6 Å². The topological polar surface area (TPSA) is 48.5 Å². The Morgan fingerprint density at radius 1 is 1.22 bits per heavy atom. The molecular formula is C18H28N4O. The Balaban J connectivity index is 1.42. The molecule has 0 aromatic carbocycles. The van der Waals surface area contributed by atoms with Gasteiger partial charge < -0.3 is 10.2 Å². The Bertz CT molecular complexity index is 499. The molecule has 2 aliphatic rings. The number of pyridine rings is 1. The summed E-state index contributed by atoms with van der Waals surface area (Å²) >= 11 is 0. The van der Waals surface area contributed by atoms with Crippen LogP contribution < -0.4 is 10.2 Å². The monoisotopic (exact) mass is 316 g/mol. The zero-order valence-corrected chi connectivity index (χ0v) is 14.1. The van der Waals surface area contributed by atoms with Crippen LogP contribution in [0.1, 0.15) is 32.6 Å². The number of amides is 1. The van der Waals surface area contributed by atoms with Gasteiger partial charge in [-0.3, -0.25) is 9.69 Å². The molecule has 2 atom stereocenters. The molecule has 5 nitrogen and oxygen atoms in total. The van der Waals surface area contributed by atoms with Gasteiger partial charge in [0.1, 0.15) is 5.82 Å². The maximum atomic E-state index is 12.3. The second-order valence-electron chi connectivity index (χ2n) is 6.89. The van der Waals surface area contributed by atoms with Crippen molar-refractivity contribution in [1.82, 2.24) is 15.2 Å². The summed E-state index contributed by atoms with van der Waals surface area (Å²) in [6.45, 7) is 6.50. The summed E-state index contributed by atoms with van der Waals surface area (Å²) in [5.74, 6) is 1.84. The first kappa shape index (κ1) is 16.2. The van der Waals surface area contributed by atoms with Gasteiger partial charge in [0.05, 0.1) is 6.54 Å². The van der Waals surface area contributed by atoms with E-state index in [1.54, 1.807) is 0 Å². The molecule has 23 heavy (non-hydrogen) atoms. The molecule has 3 rings (SSSR count). The first-order chi connectivity index (χ1) is 11.2. The molecule has 1 saturated heterocycles. The van der Waals surface area contributed by atoms with Crippen LogP contribution in [-0.2, 0) is 4.79 Å². The maximum absolute atomic E-state index is 12.3. The SMILES string of the molecule is C[C@H]1CCCC[C@@H]1NC(=O)CN1CCN(c2ccccn2)CC1. The van der Waals surface area contributed by atoms with Crippen LogP contribution in [-0.4, -0.2) is 54.6 Å². The summed E-state index contributed by atoms with van der Waals surface area (Å²) in [6, 6.07) is 6.39. The fraction of sp³-hybridized carbons (Fsp3) is 0.667. The molecule has 1 saturated carbocycles. The highest BCUT2D eigenvalue weighted by atomic mass is 16.2. The number of nitrogens with one attached hydrogen (secondary N) is 1. The van der Waals surface area contributed by atoms with E-state index in [1.165, 1.54) is 19.3 Å². The van der Waals surface area contributed by atoms with E-state index in [0.717, 1.165) is 38.4 Å². The standard InChI is InChI=1S/C18H28N4O/c1-15-6-2-3-7-16(15)20-18(23)14-21-10-12-22(13-11-21)17-8-4-5-9-19-17/h4-5,8-9,15-16H,2-3,6-7,10-14H2,1H3,(H,20,23)/t15-,16-/m0/s1. The molecule has 1 aromatic heterocycles. The van der Waals surface area contributed by atoms with Gasteiger partial charge in [0, 0.05) is 38.4 Å². The lowest BCUT2D eigenvalue weighted by molar-refractivity contribution is -0.123. The van der Waals surface area contributed by atoms with Crippen LogP contribution in [0.25, 0.3) is 0 Å². The first-order valence-electron chi connectivity index (χ1n) is 8.90. The number of rotatable bonds is 4. The molecular weight excluding hydrogens is 288 g/mol. The molecule has 1 N–H and O–H groups in total. The van der Waals surface area contributed by atoms with Crippen LogP contribution in [0.5, 0.6) is 0 Å². The second-order valence-corrected chi connectivity index (χ2v) is 6.89. The van der Waals surface area contributed by atoms with Crippen LogP contribution in [0.4, 0.5) is 5.82 Å². The van der Waals surface area contributed by atoms with Crippen molar-refractivity contribution in [1.29, 1.82) is 0 Å². The van der Waals surface area contributed by atoms with Gasteiger partial charge >= 0.3 is 0 Å². The number of piperazine rings is 1. The molecule has 2 heterocycles. The van der Waals surface area contributed by atoms with E-state index in [4.69, 9.17) is 0 Å². The lowest BCUT2D eigenvalue weighted by Gasteiger charge is -2.35. The van der Waals surface area contributed by atoms with Gasteiger partial charge in [-0.25, -0.2) is 4.98 Å². The number of anilines is 1. The highest BCUT2D eigenvalue weighted by Crippen LogP contribution is 2.23. The molecule has 0 unspecified atom stereocenters. The van der Waals surface area contributed by atoms with E-state index in [9.17, 15) is 4.79 Å². The summed E-state index contributed by atoms with van der Waals surface area (Å²) in [4.78, 5) is 21.2. The largest absolute Gasteiger partial charge is 0.354 e. The molecule has 1 aliphatic heterocycles. The van der Waals surface area contributed by atoms with Crippen molar-refractivity contribution < 1.29 is 4.79 Å². The Hall–Kier alpha value is -1.62. The minimum atomic E-state index is 0.190. The zero-order valence-electron chi connectivity index (χ0n) is 14.1. The lowest BCUT2D eigenvalue weighted by Crippen LogP contribution is -2.51. The molecule has 1 amide bonds. The molecule has 126 valence electrons. The highest BCUT2D eigenvalue weighted by Gasteiger charge is 2.24. The molecule has 1 aliphatic carbocycles. The van der Waals surface area contributed by atoms with Gasteiger partial charge in [-0.2, -0.15) is 0 Å². The van der Waals surface area contributed by atoms with Crippen LogP contribution >= 0.6 is 0 Å². The Morgan fingerprint density at radius 2 is 2.00 bits per heavy atom. The Labute approximate surface area is 139 Å². The third kappa shape index (κ3) is 4.44. The van der Waals surface area contributed by atoms with Gasteiger partial charge in [0.25, 0.3) is 0 Å². The highest BCUT2D eigenvalue weighted by molar-refractivity contribution is 5.78. The number of hydrogen-bond acceptors (Lipinski definition) is 4. The third-order valence-corrected chi connectivity index (χ3v) is 5.17. The first-order valence-corrected chi connectivity index (χ1v) is 8.90. The molecule has 5 heteroatoms. The van der Waals surface area contributed by atoms with Gasteiger partial charge in [-0.05, 0) is 30.9 Å². The van der Waals surface area contributed by atoms with E-state index >= 15 is 0 Å². The molecule has 0 spiro atoms. The van der Waals surface area contributed by atoms with Crippen molar-refractivity contribution >= 4 is 11.7 Å². The van der Waals surface area contributed by atoms with Crippen molar-refractivity contribution in [3.8, 4) is 0 Å². The molecule has 0 radical (unpaired) electrons. The molecule has 0 bridgehead atoms. The van der Waals surface area contributed by atoms with Crippen LogP contribution in [0.2, 0.25) is 0 Å². The number of aromatic nitrogens is 1. The van der Waals surface area contributed by atoms with Gasteiger partial charge in [-0.15, -0.1) is 0 Å². The smallest absolute Gasteiger partial charge is 0.234 e. The molecule has 1 aromatic rings.